The molecule has 1 aromatic heterocycles. The van der Waals surface area contributed by atoms with Crippen LogP contribution in [0.15, 0.2) is 30.9 Å². The van der Waals surface area contributed by atoms with Gasteiger partial charge in [0.05, 0.1) is 13.2 Å². The van der Waals surface area contributed by atoms with E-state index in [2.05, 4.69) is 30.7 Å². The second kappa shape index (κ2) is 10.0. The molecule has 1 atom stereocenters. The normalized spacial score (nSPS) is 17.1. The van der Waals surface area contributed by atoms with Crippen LogP contribution in [0.4, 0.5) is 5.82 Å². The van der Waals surface area contributed by atoms with E-state index in [4.69, 9.17) is 15.6 Å². The number of methoxy groups -OCH3 is 1. The molecule has 178 valence electrons. The number of hydrogen-bond donors (Lipinski definition) is 2. The standard InChI is InChI=1S/C26H31N5O3/c1-4-17-12-19(14-21(13-17)34-3)8-9-22-24(25(27)33)26(28-15-18-6-7-18)31(29-22)20-10-11-30(16-20)23(32)5-2/h5,12-14,18,20,28H,2,4,6-7,10-11,15-16H2,1,3H3,(H2,27,33)/t20-/m0/s1. The summed E-state index contributed by atoms with van der Waals surface area (Å²) in [6, 6.07) is 5.75. The van der Waals surface area contributed by atoms with Crippen molar-refractivity contribution < 1.29 is 14.3 Å². The SMILES string of the molecule is C=CC(=O)N1CC[C@H](n2nc(C#Cc3cc(CC)cc(OC)c3)c(C(N)=O)c2NCC2CC2)C1. The number of carbonyl (C=O) groups is 2. The highest BCUT2D eigenvalue weighted by atomic mass is 16.5. The molecule has 34 heavy (non-hydrogen) atoms. The molecule has 1 aliphatic heterocycles. The molecule has 0 unspecified atom stereocenters. The lowest BCUT2D eigenvalue weighted by Crippen LogP contribution is -2.27. The number of aromatic nitrogens is 2. The molecular formula is C26H31N5O3. The van der Waals surface area contributed by atoms with Gasteiger partial charge in [-0.05, 0) is 67.4 Å². The maximum absolute atomic E-state index is 12.5. The Labute approximate surface area is 200 Å². The fourth-order valence-corrected chi connectivity index (χ4v) is 4.21. The number of benzene rings is 1. The Morgan fingerprint density at radius 2 is 2.09 bits per heavy atom. The van der Waals surface area contributed by atoms with Crippen LogP contribution in [0.2, 0.25) is 0 Å². The van der Waals surface area contributed by atoms with Gasteiger partial charge >= 0.3 is 0 Å². The third-order valence-corrected chi connectivity index (χ3v) is 6.34. The van der Waals surface area contributed by atoms with Crippen LogP contribution >= 0.6 is 0 Å². The molecule has 2 amide bonds. The molecule has 2 aromatic rings. The van der Waals surface area contributed by atoms with Crippen molar-refractivity contribution in [3.05, 3.63) is 53.2 Å². The van der Waals surface area contributed by atoms with Gasteiger partial charge < -0.3 is 20.7 Å². The number of amides is 2. The molecule has 3 N–H and O–H groups in total. The summed E-state index contributed by atoms with van der Waals surface area (Å²) in [7, 11) is 1.62. The van der Waals surface area contributed by atoms with Crippen molar-refractivity contribution in [3.63, 3.8) is 0 Å². The predicted molar refractivity (Wildman–Crippen MR) is 131 cm³/mol. The maximum Gasteiger partial charge on any atom is 0.255 e. The molecule has 4 rings (SSSR count). The molecule has 1 aliphatic carbocycles. The van der Waals surface area contributed by atoms with Crippen LogP contribution in [0.5, 0.6) is 5.75 Å². The Bertz CT molecular complexity index is 1150. The number of nitrogens with zero attached hydrogens (tertiary/aromatic N) is 3. The summed E-state index contributed by atoms with van der Waals surface area (Å²) in [5, 5.41) is 8.12. The van der Waals surface area contributed by atoms with Crippen molar-refractivity contribution in [2.24, 2.45) is 11.7 Å². The van der Waals surface area contributed by atoms with Crippen LogP contribution in [0.3, 0.4) is 0 Å². The number of nitrogens with one attached hydrogen (secondary N) is 1. The van der Waals surface area contributed by atoms with Gasteiger partial charge in [0, 0.05) is 25.2 Å². The van der Waals surface area contributed by atoms with Crippen molar-refractivity contribution in [2.75, 3.05) is 32.1 Å². The van der Waals surface area contributed by atoms with Crippen molar-refractivity contribution in [1.29, 1.82) is 0 Å². The lowest BCUT2D eigenvalue weighted by Gasteiger charge is -2.17. The zero-order valence-corrected chi connectivity index (χ0v) is 19.8. The van der Waals surface area contributed by atoms with E-state index < -0.39 is 5.91 Å². The zero-order valence-electron chi connectivity index (χ0n) is 19.8. The summed E-state index contributed by atoms with van der Waals surface area (Å²) in [5.74, 6) is 7.42. The summed E-state index contributed by atoms with van der Waals surface area (Å²) in [6.07, 6.45) is 5.23. The van der Waals surface area contributed by atoms with Crippen LogP contribution in [0.25, 0.3) is 0 Å². The number of hydrogen-bond acceptors (Lipinski definition) is 5. The largest absolute Gasteiger partial charge is 0.497 e. The average Bonchev–Trinajstić information content (AvgIpc) is 3.41. The van der Waals surface area contributed by atoms with E-state index in [-0.39, 0.29) is 11.9 Å². The summed E-state index contributed by atoms with van der Waals surface area (Å²) in [5.41, 5.74) is 8.32. The highest BCUT2D eigenvalue weighted by Crippen LogP contribution is 2.32. The Balaban J connectivity index is 1.72. The van der Waals surface area contributed by atoms with Gasteiger partial charge in [0.2, 0.25) is 5.91 Å². The molecule has 0 bridgehead atoms. The number of rotatable bonds is 8. The molecule has 0 spiro atoms. The van der Waals surface area contributed by atoms with Crippen LogP contribution in [0, 0.1) is 17.8 Å². The summed E-state index contributed by atoms with van der Waals surface area (Å²) in [6.45, 7) is 7.49. The number of anilines is 1. The first kappa shape index (κ1) is 23.4. The Morgan fingerprint density at radius 1 is 1.29 bits per heavy atom. The third kappa shape index (κ3) is 5.09. The molecule has 8 nitrogen and oxygen atoms in total. The van der Waals surface area contributed by atoms with Gasteiger partial charge in [0.25, 0.3) is 5.91 Å². The average molecular weight is 462 g/mol. The first-order valence-corrected chi connectivity index (χ1v) is 11.7. The number of ether oxygens (including phenoxy) is 1. The van der Waals surface area contributed by atoms with E-state index in [1.54, 1.807) is 16.7 Å². The van der Waals surface area contributed by atoms with Crippen molar-refractivity contribution in [2.45, 2.75) is 38.6 Å². The van der Waals surface area contributed by atoms with E-state index in [0.717, 1.165) is 36.3 Å². The van der Waals surface area contributed by atoms with Crippen molar-refractivity contribution in [1.82, 2.24) is 14.7 Å². The molecule has 1 saturated heterocycles. The third-order valence-electron chi connectivity index (χ3n) is 6.34. The zero-order chi connectivity index (χ0) is 24.2. The second-order valence-corrected chi connectivity index (χ2v) is 8.81. The number of primary amides is 1. The molecule has 2 heterocycles. The van der Waals surface area contributed by atoms with Gasteiger partial charge in [-0.3, -0.25) is 9.59 Å². The van der Waals surface area contributed by atoms with Gasteiger partial charge in [-0.25, -0.2) is 4.68 Å². The first-order chi connectivity index (χ1) is 16.4. The Morgan fingerprint density at radius 3 is 2.74 bits per heavy atom. The number of nitrogens with two attached hydrogens (primary N) is 1. The molecule has 1 aromatic carbocycles. The van der Waals surface area contributed by atoms with Crippen LogP contribution in [-0.4, -0.2) is 53.2 Å². The van der Waals surface area contributed by atoms with Gasteiger partial charge in [-0.1, -0.05) is 19.4 Å². The van der Waals surface area contributed by atoms with E-state index in [1.807, 2.05) is 18.2 Å². The van der Waals surface area contributed by atoms with Crippen molar-refractivity contribution in [3.8, 4) is 17.6 Å². The molecule has 8 heteroatoms. The first-order valence-electron chi connectivity index (χ1n) is 11.7. The quantitative estimate of drug-likeness (QED) is 0.465. The lowest BCUT2D eigenvalue weighted by atomic mass is 10.1. The highest BCUT2D eigenvalue weighted by Gasteiger charge is 2.32. The van der Waals surface area contributed by atoms with Crippen LogP contribution < -0.4 is 15.8 Å². The highest BCUT2D eigenvalue weighted by molar-refractivity contribution is 6.00. The number of likely N-dealkylation sites (tertiary alicyclic amines) is 1. The lowest BCUT2D eigenvalue weighted by molar-refractivity contribution is -0.125. The Kier molecular flexibility index (Phi) is 6.92. The molecule has 2 fully saturated rings. The van der Waals surface area contributed by atoms with Gasteiger partial charge in [0.15, 0.2) is 5.69 Å². The van der Waals surface area contributed by atoms with Crippen molar-refractivity contribution >= 4 is 17.6 Å². The van der Waals surface area contributed by atoms with E-state index in [0.29, 0.717) is 36.1 Å². The maximum atomic E-state index is 12.5. The topological polar surface area (TPSA) is 102 Å². The fraction of sp³-hybridized carbons (Fsp3) is 0.423. The molecule has 2 aliphatic rings. The number of carbonyl (C=O) groups excluding carboxylic acids is 2. The van der Waals surface area contributed by atoms with Gasteiger partial charge in [-0.15, -0.1) is 0 Å². The summed E-state index contributed by atoms with van der Waals surface area (Å²) in [4.78, 5) is 26.4. The van der Waals surface area contributed by atoms with Crippen LogP contribution in [0.1, 0.15) is 59.4 Å². The predicted octanol–water partition coefficient (Wildman–Crippen LogP) is 2.73. The van der Waals surface area contributed by atoms with Crippen LogP contribution in [-0.2, 0) is 11.2 Å². The molecular weight excluding hydrogens is 430 g/mol. The van der Waals surface area contributed by atoms with E-state index in [9.17, 15) is 9.59 Å². The van der Waals surface area contributed by atoms with Gasteiger partial charge in [-0.2, -0.15) is 5.10 Å². The second-order valence-electron chi connectivity index (χ2n) is 8.81. The molecule has 1 saturated carbocycles. The summed E-state index contributed by atoms with van der Waals surface area (Å²) < 4.78 is 7.19. The Hall–Kier alpha value is -3.73. The number of aryl methyl sites for hydroxylation is 1. The summed E-state index contributed by atoms with van der Waals surface area (Å²) >= 11 is 0. The van der Waals surface area contributed by atoms with Gasteiger partial charge in [0.1, 0.15) is 17.1 Å². The monoisotopic (exact) mass is 461 g/mol. The minimum Gasteiger partial charge on any atom is -0.497 e. The minimum atomic E-state index is -0.578. The van der Waals surface area contributed by atoms with E-state index >= 15 is 0 Å². The fourth-order valence-electron chi connectivity index (χ4n) is 4.21. The molecule has 0 radical (unpaired) electrons. The smallest absolute Gasteiger partial charge is 0.255 e. The minimum absolute atomic E-state index is 0.0808. The van der Waals surface area contributed by atoms with E-state index in [1.165, 1.54) is 18.9 Å².